The maximum absolute atomic E-state index is 13.1. The largest absolute Gasteiger partial charge is 0.496 e. The number of carbonyl (C=O) groups excluding carboxylic acids is 2. The molecule has 3 heterocycles. The summed E-state index contributed by atoms with van der Waals surface area (Å²) in [5.41, 5.74) is 0.0892. The van der Waals surface area contributed by atoms with Gasteiger partial charge >= 0.3 is 12.0 Å². The summed E-state index contributed by atoms with van der Waals surface area (Å²) >= 11 is 0. The Balaban J connectivity index is 1.97. The molecule has 0 saturated carbocycles. The minimum absolute atomic E-state index is 0.0531. The fraction of sp³-hybridized carbons (Fsp3) is 0.222. The van der Waals surface area contributed by atoms with Gasteiger partial charge < -0.3 is 14.2 Å². The van der Waals surface area contributed by atoms with Crippen LogP contribution in [0.2, 0.25) is 0 Å². The third-order valence-electron chi connectivity index (χ3n) is 4.05. The number of hydrogen-bond donors (Lipinski definition) is 2. The van der Waals surface area contributed by atoms with Crippen molar-refractivity contribution in [2.24, 2.45) is 0 Å². The van der Waals surface area contributed by atoms with Crippen LogP contribution < -0.4 is 19.5 Å². The molecule has 0 fully saturated rings. The number of sulfonamides is 1. The molecule has 14 nitrogen and oxygen atoms in total. The summed E-state index contributed by atoms with van der Waals surface area (Å²) in [5.74, 6) is -0.751. The smallest absolute Gasteiger partial charge is 0.342 e. The van der Waals surface area contributed by atoms with Gasteiger partial charge in [0, 0.05) is 24.0 Å². The van der Waals surface area contributed by atoms with Gasteiger partial charge in [-0.05, 0) is 13.0 Å². The second-order valence-corrected chi connectivity index (χ2v) is 7.86. The minimum Gasteiger partial charge on any atom is -0.496 e. The van der Waals surface area contributed by atoms with Crippen molar-refractivity contribution in [3.8, 4) is 17.6 Å². The van der Waals surface area contributed by atoms with E-state index in [4.69, 9.17) is 9.47 Å². The van der Waals surface area contributed by atoms with E-state index in [1.165, 1.54) is 32.5 Å². The summed E-state index contributed by atoms with van der Waals surface area (Å²) in [6.45, 7) is 1.66. The van der Waals surface area contributed by atoms with Gasteiger partial charge in [-0.25, -0.2) is 24.3 Å². The molecule has 0 aliphatic heterocycles. The number of anilines is 1. The lowest BCUT2D eigenvalue weighted by Crippen LogP contribution is -2.36. The van der Waals surface area contributed by atoms with E-state index in [1.807, 2.05) is 0 Å². The molecule has 2 N–H and O–H groups in total. The highest BCUT2D eigenvalue weighted by Crippen LogP contribution is 2.22. The van der Waals surface area contributed by atoms with Gasteiger partial charge in [-0.15, -0.1) is 0 Å². The number of amides is 2. The van der Waals surface area contributed by atoms with E-state index in [0.29, 0.717) is 11.4 Å². The lowest BCUT2D eigenvalue weighted by atomic mass is 10.4. The number of aryl methyl sites for hydroxylation is 1. The van der Waals surface area contributed by atoms with Gasteiger partial charge in [0.1, 0.15) is 17.1 Å². The topological polar surface area (TPSA) is 177 Å². The van der Waals surface area contributed by atoms with E-state index in [0.717, 1.165) is 18.0 Å². The fourth-order valence-corrected chi connectivity index (χ4v) is 3.78. The van der Waals surface area contributed by atoms with Crippen molar-refractivity contribution in [3.63, 3.8) is 0 Å². The van der Waals surface area contributed by atoms with Gasteiger partial charge in [-0.1, -0.05) is 0 Å². The second-order valence-electron chi connectivity index (χ2n) is 6.26. The predicted molar refractivity (Wildman–Crippen MR) is 112 cm³/mol. The Morgan fingerprint density at radius 2 is 1.85 bits per heavy atom. The molecular formula is C18H19N7O7S. The lowest BCUT2D eigenvalue weighted by molar-refractivity contribution is 0.0596. The molecule has 0 spiro atoms. The molecule has 0 unspecified atom stereocenters. The van der Waals surface area contributed by atoms with Crippen molar-refractivity contribution in [1.29, 1.82) is 0 Å². The first-order chi connectivity index (χ1) is 15.7. The van der Waals surface area contributed by atoms with Gasteiger partial charge in [0.2, 0.25) is 5.88 Å². The van der Waals surface area contributed by atoms with Crippen molar-refractivity contribution >= 4 is 27.8 Å². The first-order valence-electron chi connectivity index (χ1n) is 9.08. The predicted octanol–water partition coefficient (Wildman–Crippen LogP) is 0.680. The third kappa shape index (κ3) is 5.15. The lowest BCUT2D eigenvalue weighted by Gasteiger charge is -2.12. The Kier molecular flexibility index (Phi) is 6.72. The van der Waals surface area contributed by atoms with Gasteiger partial charge in [0.25, 0.3) is 16.0 Å². The van der Waals surface area contributed by atoms with Crippen molar-refractivity contribution in [2.75, 3.05) is 26.6 Å². The second kappa shape index (κ2) is 9.47. The molecule has 174 valence electrons. The van der Waals surface area contributed by atoms with E-state index >= 15 is 0 Å². The summed E-state index contributed by atoms with van der Waals surface area (Å²) in [5, 5.41) is 5.47. The van der Waals surface area contributed by atoms with E-state index < -0.39 is 32.6 Å². The quantitative estimate of drug-likeness (QED) is 0.457. The summed E-state index contributed by atoms with van der Waals surface area (Å²) in [6.07, 6.45) is 2.36. The van der Waals surface area contributed by atoms with Crippen LogP contribution in [0.15, 0.2) is 35.6 Å². The van der Waals surface area contributed by atoms with Crippen LogP contribution in [-0.2, 0) is 14.8 Å². The van der Waals surface area contributed by atoms with Crippen molar-refractivity contribution < 1.29 is 32.2 Å². The highest BCUT2D eigenvalue weighted by molar-refractivity contribution is 7.90. The first-order valence-corrected chi connectivity index (χ1v) is 10.6. The van der Waals surface area contributed by atoms with E-state index in [-0.39, 0.29) is 17.6 Å². The number of nitrogens with one attached hydrogen (secondary N) is 2. The molecule has 0 bridgehead atoms. The molecule has 0 aliphatic rings. The molecule has 0 radical (unpaired) electrons. The van der Waals surface area contributed by atoms with Crippen molar-refractivity contribution in [3.05, 3.63) is 41.9 Å². The number of urea groups is 1. The number of rotatable bonds is 7. The zero-order valence-corrected chi connectivity index (χ0v) is 18.7. The highest BCUT2D eigenvalue weighted by Gasteiger charge is 2.32. The van der Waals surface area contributed by atoms with Crippen molar-refractivity contribution in [2.45, 2.75) is 11.9 Å². The summed E-state index contributed by atoms with van der Waals surface area (Å²) in [7, 11) is -0.852. The maximum Gasteiger partial charge on any atom is 0.342 e. The SMILES string of the molecule is COC(=O)c1cnn(-c2nccc(C)n2)c1S(=O)(=O)NC(=O)Nc1cc(OC)cc(OC)n1. The summed E-state index contributed by atoms with van der Waals surface area (Å²) in [4.78, 5) is 36.7. The number of pyridine rings is 1. The number of aromatic nitrogens is 5. The van der Waals surface area contributed by atoms with Crippen molar-refractivity contribution in [1.82, 2.24) is 29.5 Å². The number of methoxy groups -OCH3 is 3. The Hall–Kier alpha value is -4.27. The number of esters is 1. The zero-order chi connectivity index (χ0) is 24.2. The Morgan fingerprint density at radius 1 is 1.09 bits per heavy atom. The number of hydrogen-bond acceptors (Lipinski definition) is 11. The van der Waals surface area contributed by atoms with Crippen LogP contribution in [0.5, 0.6) is 11.6 Å². The van der Waals surface area contributed by atoms with E-state index in [1.54, 1.807) is 17.7 Å². The van der Waals surface area contributed by atoms with Crippen LogP contribution in [0, 0.1) is 6.92 Å². The molecule has 0 atom stereocenters. The standard InChI is InChI=1S/C18H19N7O7S/c1-10-5-6-19-17(21-10)25-15(12(9-20-25)16(26)32-4)33(28,29)24-18(27)23-13-7-11(30-2)8-14(22-13)31-3/h5-9H,1-4H3,(H2,22,23,24,27). The Labute approximate surface area is 188 Å². The molecule has 3 rings (SSSR count). The maximum atomic E-state index is 13.1. The van der Waals surface area contributed by atoms with Crippen LogP contribution in [-0.4, -0.2) is 66.5 Å². The van der Waals surface area contributed by atoms with Gasteiger partial charge in [0.05, 0.1) is 27.5 Å². The average Bonchev–Trinajstić information content (AvgIpc) is 3.24. The number of nitrogens with zero attached hydrogens (tertiary/aromatic N) is 5. The molecule has 3 aromatic rings. The summed E-state index contributed by atoms with van der Waals surface area (Å²) in [6, 6.07) is 3.22. The minimum atomic E-state index is -4.68. The molecule has 0 saturated heterocycles. The molecule has 2 amide bonds. The van der Waals surface area contributed by atoms with Crippen LogP contribution >= 0.6 is 0 Å². The first kappa shape index (κ1) is 23.4. The fourth-order valence-electron chi connectivity index (χ4n) is 2.61. The normalized spacial score (nSPS) is 10.9. The average molecular weight is 477 g/mol. The number of carbonyl (C=O) groups is 2. The van der Waals surface area contributed by atoms with Gasteiger partial charge in [-0.2, -0.15) is 23.2 Å². The molecule has 33 heavy (non-hydrogen) atoms. The number of ether oxygens (including phenoxy) is 3. The highest BCUT2D eigenvalue weighted by atomic mass is 32.2. The third-order valence-corrected chi connectivity index (χ3v) is 5.40. The van der Waals surface area contributed by atoms with Crippen LogP contribution in [0.1, 0.15) is 16.1 Å². The van der Waals surface area contributed by atoms with Gasteiger partial charge in [-0.3, -0.25) is 5.32 Å². The zero-order valence-electron chi connectivity index (χ0n) is 17.9. The van der Waals surface area contributed by atoms with Crippen LogP contribution in [0.25, 0.3) is 5.95 Å². The Bertz CT molecular complexity index is 1280. The van der Waals surface area contributed by atoms with E-state index in [2.05, 4.69) is 30.1 Å². The summed E-state index contributed by atoms with van der Waals surface area (Å²) < 4.78 is 43.5. The molecule has 3 aromatic heterocycles. The van der Waals surface area contributed by atoms with Gasteiger partial charge in [0.15, 0.2) is 5.03 Å². The van der Waals surface area contributed by atoms with E-state index in [9.17, 15) is 18.0 Å². The molecule has 0 aromatic carbocycles. The monoisotopic (exact) mass is 477 g/mol. The van der Waals surface area contributed by atoms with Crippen LogP contribution in [0.4, 0.5) is 10.6 Å². The molecular weight excluding hydrogens is 458 g/mol. The molecule has 15 heteroatoms. The molecule has 0 aliphatic carbocycles. The Morgan fingerprint density at radius 3 is 2.48 bits per heavy atom. The van der Waals surface area contributed by atoms with Crippen LogP contribution in [0.3, 0.4) is 0 Å².